The van der Waals surface area contributed by atoms with E-state index in [1.165, 1.54) is 98.4 Å². The lowest BCUT2D eigenvalue weighted by Crippen LogP contribution is -1.93. The number of benzene rings is 10. The van der Waals surface area contributed by atoms with Crippen molar-refractivity contribution in [2.75, 3.05) is 0 Å². The summed E-state index contributed by atoms with van der Waals surface area (Å²) < 4.78 is 0. The first-order chi connectivity index (χ1) is 24.8. The maximum absolute atomic E-state index is 2.44. The van der Waals surface area contributed by atoms with Gasteiger partial charge in [0.25, 0.3) is 0 Å². The van der Waals surface area contributed by atoms with Crippen molar-refractivity contribution in [3.8, 4) is 44.5 Å². The lowest BCUT2D eigenvalue weighted by atomic mass is 9.83. The Morgan fingerprint density at radius 1 is 0.200 bits per heavy atom. The molecule has 10 rings (SSSR count). The summed E-state index contributed by atoms with van der Waals surface area (Å²) in [7, 11) is 0. The van der Waals surface area contributed by atoms with E-state index < -0.39 is 0 Å². The van der Waals surface area contributed by atoms with Gasteiger partial charge < -0.3 is 0 Å². The molecule has 50 heavy (non-hydrogen) atoms. The summed E-state index contributed by atoms with van der Waals surface area (Å²) in [5, 5.41) is 12.6. The molecule has 0 bridgehead atoms. The van der Waals surface area contributed by atoms with E-state index in [1.54, 1.807) is 0 Å². The third-order valence-corrected chi connectivity index (χ3v) is 10.4. The molecule has 0 aliphatic carbocycles. The van der Waals surface area contributed by atoms with E-state index in [1.807, 2.05) is 0 Å². The zero-order chi connectivity index (χ0) is 33.0. The molecule has 0 heterocycles. The second-order valence-electron chi connectivity index (χ2n) is 13.3. The van der Waals surface area contributed by atoms with E-state index in [4.69, 9.17) is 0 Å². The van der Waals surface area contributed by atoms with Gasteiger partial charge in [-0.25, -0.2) is 0 Å². The Morgan fingerprint density at radius 3 is 1.38 bits per heavy atom. The van der Waals surface area contributed by atoms with Crippen LogP contribution in [-0.4, -0.2) is 0 Å². The maximum Gasteiger partial charge on any atom is -0.00199 e. The molecular weight excluding hydrogens is 601 g/mol. The lowest BCUT2D eigenvalue weighted by Gasteiger charge is -2.20. The normalized spacial score (nSPS) is 11.6. The van der Waals surface area contributed by atoms with Crippen molar-refractivity contribution >= 4 is 53.9 Å². The molecule has 0 spiro atoms. The number of fused-ring (bicyclic) bond motifs is 6. The fraction of sp³-hybridized carbons (Fsp3) is 0. The SMILES string of the molecule is c1cc(-c2cccc3ccccc23)cc(-c2c(-c3ccc4ccccc4c3)c3ccccc3c3ccc(-c4cccc5ccccc45)cc23)c1. The van der Waals surface area contributed by atoms with Gasteiger partial charge in [0.1, 0.15) is 0 Å². The average molecular weight is 633 g/mol. The Bertz CT molecular complexity index is 2920. The highest BCUT2D eigenvalue weighted by Gasteiger charge is 2.20. The molecule has 0 nitrogen and oxygen atoms in total. The van der Waals surface area contributed by atoms with Crippen LogP contribution in [0.5, 0.6) is 0 Å². The van der Waals surface area contributed by atoms with Crippen LogP contribution in [0.2, 0.25) is 0 Å². The molecule has 0 aliphatic rings. The van der Waals surface area contributed by atoms with E-state index in [9.17, 15) is 0 Å². The first kappa shape index (κ1) is 28.5. The molecule has 0 aromatic heterocycles. The van der Waals surface area contributed by atoms with Crippen molar-refractivity contribution in [2.24, 2.45) is 0 Å². The van der Waals surface area contributed by atoms with Crippen LogP contribution in [0.4, 0.5) is 0 Å². The van der Waals surface area contributed by atoms with Gasteiger partial charge in [0.15, 0.2) is 0 Å². The third kappa shape index (κ3) is 4.61. The molecule has 0 aliphatic heterocycles. The molecule has 0 atom stereocenters. The molecule has 0 N–H and O–H groups in total. The van der Waals surface area contributed by atoms with Crippen molar-refractivity contribution in [3.05, 3.63) is 194 Å². The molecule has 10 aromatic carbocycles. The highest BCUT2D eigenvalue weighted by molar-refractivity contribution is 6.23. The smallest absolute Gasteiger partial charge is 0.00199 e. The first-order valence-corrected chi connectivity index (χ1v) is 17.3. The van der Waals surface area contributed by atoms with Crippen LogP contribution in [0.1, 0.15) is 0 Å². The Hall–Kier alpha value is -6.50. The zero-order valence-corrected chi connectivity index (χ0v) is 27.5. The largest absolute Gasteiger partial charge is 0.0616 e. The van der Waals surface area contributed by atoms with Gasteiger partial charge in [-0.15, -0.1) is 0 Å². The first-order valence-electron chi connectivity index (χ1n) is 17.3. The lowest BCUT2D eigenvalue weighted by molar-refractivity contribution is 1.62. The molecule has 0 amide bonds. The summed E-state index contributed by atoms with van der Waals surface area (Å²) in [6.45, 7) is 0. The van der Waals surface area contributed by atoms with Gasteiger partial charge >= 0.3 is 0 Å². The molecule has 10 aromatic rings. The van der Waals surface area contributed by atoms with Gasteiger partial charge in [-0.2, -0.15) is 0 Å². The van der Waals surface area contributed by atoms with Crippen LogP contribution in [0.25, 0.3) is 98.4 Å². The second-order valence-corrected chi connectivity index (χ2v) is 13.3. The third-order valence-electron chi connectivity index (χ3n) is 10.4. The van der Waals surface area contributed by atoms with Crippen molar-refractivity contribution < 1.29 is 0 Å². The van der Waals surface area contributed by atoms with Crippen LogP contribution in [0, 0.1) is 0 Å². The van der Waals surface area contributed by atoms with Crippen molar-refractivity contribution in [1.82, 2.24) is 0 Å². The molecule has 0 saturated heterocycles. The molecule has 0 fully saturated rings. The molecule has 0 unspecified atom stereocenters. The fourth-order valence-electron chi connectivity index (χ4n) is 8.10. The van der Waals surface area contributed by atoms with Gasteiger partial charge in [0, 0.05) is 0 Å². The minimum absolute atomic E-state index is 1.21. The summed E-state index contributed by atoms with van der Waals surface area (Å²) in [6.07, 6.45) is 0. The van der Waals surface area contributed by atoms with Gasteiger partial charge in [0.2, 0.25) is 0 Å². The summed E-state index contributed by atoms with van der Waals surface area (Å²) in [4.78, 5) is 0. The fourth-order valence-corrected chi connectivity index (χ4v) is 8.10. The standard InChI is InChI=1S/C50H32/c1-2-15-36-30-40(27-26-33(36)12-1)49-47-23-8-7-22-45(47)46-29-28-38(44-25-11-17-35-14-4-6-21-42(35)44)32-48(46)50(49)39-19-9-18-37(31-39)43-24-10-16-34-13-3-5-20-41(34)43/h1-32H. The monoisotopic (exact) mass is 632 g/mol. The summed E-state index contributed by atoms with van der Waals surface area (Å²) in [6, 6.07) is 71.5. The van der Waals surface area contributed by atoms with Crippen molar-refractivity contribution in [1.29, 1.82) is 0 Å². The molecular formula is C50H32. The maximum atomic E-state index is 2.44. The summed E-state index contributed by atoms with van der Waals surface area (Å²) >= 11 is 0. The van der Waals surface area contributed by atoms with Crippen LogP contribution in [-0.2, 0) is 0 Å². The summed E-state index contributed by atoms with van der Waals surface area (Å²) in [5.41, 5.74) is 9.91. The van der Waals surface area contributed by atoms with Crippen molar-refractivity contribution in [3.63, 3.8) is 0 Å². The molecule has 232 valence electrons. The number of hydrogen-bond donors (Lipinski definition) is 0. The summed E-state index contributed by atoms with van der Waals surface area (Å²) in [5.74, 6) is 0. The highest BCUT2D eigenvalue weighted by atomic mass is 14.2. The highest BCUT2D eigenvalue weighted by Crippen LogP contribution is 2.47. The van der Waals surface area contributed by atoms with Gasteiger partial charge in [0.05, 0.1) is 0 Å². The van der Waals surface area contributed by atoms with Crippen LogP contribution in [0.3, 0.4) is 0 Å². The van der Waals surface area contributed by atoms with E-state index in [2.05, 4.69) is 194 Å². The quantitative estimate of drug-likeness (QED) is 0.169. The number of hydrogen-bond acceptors (Lipinski definition) is 0. The van der Waals surface area contributed by atoms with Gasteiger partial charge in [-0.3, -0.25) is 0 Å². The van der Waals surface area contributed by atoms with Crippen molar-refractivity contribution in [2.45, 2.75) is 0 Å². The number of rotatable bonds is 4. The van der Waals surface area contributed by atoms with E-state index in [0.29, 0.717) is 0 Å². The zero-order valence-electron chi connectivity index (χ0n) is 27.5. The Balaban J connectivity index is 1.33. The van der Waals surface area contributed by atoms with Crippen LogP contribution in [0.15, 0.2) is 194 Å². The minimum Gasteiger partial charge on any atom is -0.0616 e. The van der Waals surface area contributed by atoms with E-state index >= 15 is 0 Å². The molecule has 0 heteroatoms. The minimum atomic E-state index is 1.21. The van der Waals surface area contributed by atoms with Crippen LogP contribution < -0.4 is 0 Å². The predicted molar refractivity (Wildman–Crippen MR) is 216 cm³/mol. The van der Waals surface area contributed by atoms with E-state index in [-0.39, 0.29) is 0 Å². The Morgan fingerprint density at radius 2 is 0.660 bits per heavy atom. The second kappa shape index (κ2) is 11.6. The predicted octanol–water partition coefficient (Wildman–Crippen LogP) is 14.1. The molecule has 0 radical (unpaired) electrons. The average Bonchev–Trinajstić information content (AvgIpc) is 3.19. The molecule has 0 saturated carbocycles. The van der Waals surface area contributed by atoms with Gasteiger partial charge in [-0.1, -0.05) is 176 Å². The van der Waals surface area contributed by atoms with Gasteiger partial charge in [-0.05, 0) is 117 Å². The van der Waals surface area contributed by atoms with E-state index in [0.717, 1.165) is 0 Å². The Kier molecular flexibility index (Phi) is 6.60. The Labute approximate surface area is 291 Å². The van der Waals surface area contributed by atoms with Crippen LogP contribution >= 0.6 is 0 Å². The topological polar surface area (TPSA) is 0 Å².